The first-order chi connectivity index (χ1) is 7.66. The van der Waals surface area contributed by atoms with Gasteiger partial charge in [-0.15, -0.1) is 0 Å². The SMILES string of the molecule is Cc1cc(C(=O)NC2CCCNC2)c(C)o1. The van der Waals surface area contributed by atoms with Crippen molar-refractivity contribution in [2.45, 2.75) is 32.7 Å². The van der Waals surface area contributed by atoms with E-state index in [1.54, 1.807) is 6.07 Å². The van der Waals surface area contributed by atoms with E-state index in [9.17, 15) is 4.79 Å². The Balaban J connectivity index is 1.99. The third-order valence-electron chi connectivity index (χ3n) is 2.92. The monoisotopic (exact) mass is 222 g/mol. The van der Waals surface area contributed by atoms with Gasteiger partial charge < -0.3 is 15.1 Å². The maximum atomic E-state index is 11.9. The predicted octanol–water partition coefficient (Wildman–Crippen LogP) is 1.38. The van der Waals surface area contributed by atoms with Gasteiger partial charge in [-0.3, -0.25) is 4.79 Å². The largest absolute Gasteiger partial charge is 0.466 e. The lowest BCUT2D eigenvalue weighted by Crippen LogP contribution is -2.45. The first kappa shape index (κ1) is 11.2. The highest BCUT2D eigenvalue weighted by Gasteiger charge is 2.19. The number of furan rings is 1. The first-order valence-electron chi connectivity index (χ1n) is 5.75. The molecule has 16 heavy (non-hydrogen) atoms. The van der Waals surface area contributed by atoms with Crippen LogP contribution in [0, 0.1) is 13.8 Å². The lowest BCUT2D eigenvalue weighted by atomic mass is 10.1. The molecule has 2 N–H and O–H groups in total. The van der Waals surface area contributed by atoms with Crippen LogP contribution in [0.2, 0.25) is 0 Å². The molecule has 1 aliphatic heterocycles. The zero-order valence-electron chi connectivity index (χ0n) is 9.80. The summed E-state index contributed by atoms with van der Waals surface area (Å²) in [6, 6.07) is 2.04. The number of carbonyl (C=O) groups excluding carboxylic acids is 1. The minimum atomic E-state index is -0.0250. The van der Waals surface area contributed by atoms with E-state index in [2.05, 4.69) is 10.6 Å². The Labute approximate surface area is 95.4 Å². The highest BCUT2D eigenvalue weighted by molar-refractivity contribution is 5.95. The van der Waals surface area contributed by atoms with Gasteiger partial charge in [0.25, 0.3) is 5.91 Å². The fraction of sp³-hybridized carbons (Fsp3) is 0.583. The van der Waals surface area contributed by atoms with Crippen molar-refractivity contribution in [1.29, 1.82) is 0 Å². The molecule has 4 heteroatoms. The third-order valence-corrected chi connectivity index (χ3v) is 2.92. The number of carbonyl (C=O) groups is 1. The molecule has 0 bridgehead atoms. The Morgan fingerprint density at radius 2 is 2.38 bits per heavy atom. The predicted molar refractivity (Wildman–Crippen MR) is 61.5 cm³/mol. The summed E-state index contributed by atoms with van der Waals surface area (Å²) < 4.78 is 5.35. The quantitative estimate of drug-likeness (QED) is 0.794. The maximum absolute atomic E-state index is 11.9. The summed E-state index contributed by atoms with van der Waals surface area (Å²) in [5.41, 5.74) is 0.656. The molecule has 1 unspecified atom stereocenters. The van der Waals surface area contributed by atoms with Gasteiger partial charge >= 0.3 is 0 Å². The van der Waals surface area contributed by atoms with Gasteiger partial charge in [0.15, 0.2) is 0 Å². The number of amides is 1. The molecule has 0 aromatic carbocycles. The summed E-state index contributed by atoms with van der Waals surface area (Å²) in [5.74, 6) is 1.45. The number of aryl methyl sites for hydroxylation is 2. The van der Waals surface area contributed by atoms with Crippen LogP contribution in [0.5, 0.6) is 0 Å². The van der Waals surface area contributed by atoms with Crippen molar-refractivity contribution in [3.8, 4) is 0 Å². The standard InChI is InChI=1S/C12H18N2O2/c1-8-6-11(9(2)16-8)12(15)14-10-4-3-5-13-7-10/h6,10,13H,3-5,7H2,1-2H3,(H,14,15). The lowest BCUT2D eigenvalue weighted by Gasteiger charge is -2.23. The van der Waals surface area contributed by atoms with Crippen LogP contribution in [0.15, 0.2) is 10.5 Å². The van der Waals surface area contributed by atoms with Gasteiger partial charge in [-0.1, -0.05) is 0 Å². The maximum Gasteiger partial charge on any atom is 0.255 e. The van der Waals surface area contributed by atoms with Crippen molar-refractivity contribution in [1.82, 2.24) is 10.6 Å². The zero-order chi connectivity index (χ0) is 11.5. The summed E-state index contributed by atoms with van der Waals surface area (Å²) in [4.78, 5) is 11.9. The highest BCUT2D eigenvalue weighted by atomic mass is 16.3. The molecule has 1 amide bonds. The smallest absolute Gasteiger partial charge is 0.255 e. The van der Waals surface area contributed by atoms with Crippen molar-refractivity contribution in [3.63, 3.8) is 0 Å². The van der Waals surface area contributed by atoms with Gasteiger partial charge in [-0.05, 0) is 39.3 Å². The molecule has 1 atom stereocenters. The molecule has 1 saturated heterocycles. The zero-order valence-corrected chi connectivity index (χ0v) is 9.80. The van der Waals surface area contributed by atoms with Gasteiger partial charge in [-0.25, -0.2) is 0 Å². The summed E-state index contributed by atoms with van der Waals surface area (Å²) in [5, 5.41) is 6.30. The summed E-state index contributed by atoms with van der Waals surface area (Å²) >= 11 is 0. The van der Waals surface area contributed by atoms with E-state index in [1.165, 1.54) is 0 Å². The van der Waals surface area contributed by atoms with Crippen LogP contribution in [-0.2, 0) is 0 Å². The normalized spacial score (nSPS) is 20.8. The van der Waals surface area contributed by atoms with Crippen LogP contribution in [0.1, 0.15) is 34.7 Å². The van der Waals surface area contributed by atoms with E-state index in [-0.39, 0.29) is 11.9 Å². The van der Waals surface area contributed by atoms with Crippen LogP contribution in [0.4, 0.5) is 0 Å². The minimum Gasteiger partial charge on any atom is -0.466 e. The fourth-order valence-corrected chi connectivity index (χ4v) is 2.09. The van der Waals surface area contributed by atoms with Gasteiger partial charge in [0, 0.05) is 12.6 Å². The lowest BCUT2D eigenvalue weighted by molar-refractivity contribution is 0.0929. The number of hydrogen-bond donors (Lipinski definition) is 2. The molecular weight excluding hydrogens is 204 g/mol. The molecule has 0 saturated carbocycles. The van der Waals surface area contributed by atoms with Crippen LogP contribution < -0.4 is 10.6 Å². The highest BCUT2D eigenvalue weighted by Crippen LogP contribution is 2.14. The van der Waals surface area contributed by atoms with E-state index in [4.69, 9.17) is 4.42 Å². The molecule has 2 rings (SSSR count). The van der Waals surface area contributed by atoms with Crippen molar-refractivity contribution in [3.05, 3.63) is 23.2 Å². The number of hydrogen-bond acceptors (Lipinski definition) is 3. The molecule has 4 nitrogen and oxygen atoms in total. The molecule has 1 aromatic rings. The van der Waals surface area contributed by atoms with Gasteiger partial charge in [0.1, 0.15) is 11.5 Å². The Morgan fingerprint density at radius 3 is 2.94 bits per heavy atom. The molecule has 0 radical (unpaired) electrons. The van der Waals surface area contributed by atoms with Gasteiger partial charge in [-0.2, -0.15) is 0 Å². The van der Waals surface area contributed by atoms with Crippen LogP contribution in [0.25, 0.3) is 0 Å². The fourth-order valence-electron chi connectivity index (χ4n) is 2.09. The number of rotatable bonds is 2. The van der Waals surface area contributed by atoms with Crippen LogP contribution in [0.3, 0.4) is 0 Å². The van der Waals surface area contributed by atoms with E-state index in [0.29, 0.717) is 11.3 Å². The van der Waals surface area contributed by atoms with Crippen molar-refractivity contribution < 1.29 is 9.21 Å². The summed E-state index contributed by atoms with van der Waals surface area (Å²) in [6.45, 7) is 5.59. The van der Waals surface area contributed by atoms with E-state index >= 15 is 0 Å². The van der Waals surface area contributed by atoms with Crippen molar-refractivity contribution >= 4 is 5.91 Å². The second-order valence-corrected chi connectivity index (χ2v) is 4.34. The van der Waals surface area contributed by atoms with E-state index < -0.39 is 0 Å². The summed E-state index contributed by atoms with van der Waals surface area (Å²) in [6.07, 6.45) is 2.17. The average molecular weight is 222 g/mol. The van der Waals surface area contributed by atoms with Gasteiger partial charge in [0.05, 0.1) is 5.56 Å². The molecule has 0 aliphatic carbocycles. The third kappa shape index (κ3) is 2.44. The van der Waals surface area contributed by atoms with E-state index in [1.807, 2.05) is 13.8 Å². The second kappa shape index (κ2) is 4.70. The number of piperidine rings is 1. The molecule has 1 aromatic heterocycles. The van der Waals surface area contributed by atoms with Crippen LogP contribution in [-0.4, -0.2) is 25.0 Å². The van der Waals surface area contributed by atoms with Crippen molar-refractivity contribution in [2.75, 3.05) is 13.1 Å². The first-order valence-corrected chi connectivity index (χ1v) is 5.75. The molecule has 1 aliphatic rings. The molecule has 2 heterocycles. The molecule has 0 spiro atoms. The molecule has 88 valence electrons. The summed E-state index contributed by atoms with van der Waals surface area (Å²) in [7, 11) is 0. The topological polar surface area (TPSA) is 54.3 Å². The number of nitrogens with one attached hydrogen (secondary N) is 2. The van der Waals surface area contributed by atoms with Gasteiger partial charge in [0.2, 0.25) is 0 Å². The molecular formula is C12H18N2O2. The Hall–Kier alpha value is -1.29. The Morgan fingerprint density at radius 1 is 1.56 bits per heavy atom. The van der Waals surface area contributed by atoms with Crippen molar-refractivity contribution in [2.24, 2.45) is 0 Å². The molecule has 1 fully saturated rings. The van der Waals surface area contributed by atoms with Crippen LogP contribution >= 0.6 is 0 Å². The minimum absolute atomic E-state index is 0.0250. The average Bonchev–Trinajstić information content (AvgIpc) is 2.59. The Kier molecular flexibility index (Phi) is 3.29. The Bertz CT molecular complexity index is 378. The second-order valence-electron chi connectivity index (χ2n) is 4.34. The van der Waals surface area contributed by atoms with E-state index in [0.717, 1.165) is 31.7 Å².